The number of rotatable bonds is 4. The Morgan fingerprint density at radius 2 is 2.32 bits per heavy atom. The molecule has 2 aromatic rings. The second kappa shape index (κ2) is 5.98. The van der Waals surface area contributed by atoms with Gasteiger partial charge in [-0.1, -0.05) is 29.4 Å². The molecule has 0 aliphatic carbocycles. The van der Waals surface area contributed by atoms with Gasteiger partial charge < -0.3 is 5.11 Å². The van der Waals surface area contributed by atoms with E-state index in [1.807, 2.05) is 0 Å². The number of aromatic hydroxyl groups is 1. The number of thioether (sulfide) groups is 1. The summed E-state index contributed by atoms with van der Waals surface area (Å²) in [5, 5.41) is 11.5. The van der Waals surface area contributed by atoms with Crippen LogP contribution in [0.25, 0.3) is 11.6 Å². The summed E-state index contributed by atoms with van der Waals surface area (Å²) in [5.41, 5.74) is 2.14. The van der Waals surface area contributed by atoms with Crippen molar-refractivity contribution in [2.75, 3.05) is 5.75 Å². The Labute approximate surface area is 137 Å². The van der Waals surface area contributed by atoms with Crippen LogP contribution in [0.5, 0.6) is 5.88 Å². The standard InChI is InChI=1S/C15H13ClN4OS/c1-3-4-22-15-19-12(14(21)20(15)2)5-9-7-17-13-11(9)6-10(16)8-18-13/h3,5-8,21H,1,4H2,2H3/b9-5-. The maximum atomic E-state index is 10.2. The Bertz CT molecular complexity index is 810. The third-order valence-electron chi connectivity index (χ3n) is 3.14. The van der Waals surface area contributed by atoms with Crippen LogP contribution in [0.4, 0.5) is 5.82 Å². The fourth-order valence-corrected chi connectivity index (χ4v) is 2.93. The average Bonchev–Trinajstić information content (AvgIpc) is 3.02. The van der Waals surface area contributed by atoms with Gasteiger partial charge in [-0.3, -0.25) is 4.57 Å². The molecular weight excluding hydrogens is 320 g/mol. The summed E-state index contributed by atoms with van der Waals surface area (Å²) in [6, 6.07) is 1.80. The maximum absolute atomic E-state index is 10.2. The first-order valence-corrected chi connectivity index (χ1v) is 7.87. The van der Waals surface area contributed by atoms with Crippen LogP contribution in [0.15, 0.2) is 35.1 Å². The summed E-state index contributed by atoms with van der Waals surface area (Å²) < 4.78 is 1.64. The molecule has 22 heavy (non-hydrogen) atoms. The first kappa shape index (κ1) is 14.9. The van der Waals surface area contributed by atoms with Crippen molar-refractivity contribution in [1.82, 2.24) is 14.5 Å². The first-order chi connectivity index (χ1) is 10.6. The van der Waals surface area contributed by atoms with Gasteiger partial charge in [0.15, 0.2) is 11.0 Å². The molecule has 0 aromatic carbocycles. The summed E-state index contributed by atoms with van der Waals surface area (Å²) in [6.07, 6.45) is 6.82. The Kier molecular flexibility index (Phi) is 4.04. The number of aliphatic imine (C=N–C) groups is 1. The van der Waals surface area contributed by atoms with Crippen LogP contribution < -0.4 is 0 Å². The van der Waals surface area contributed by atoms with E-state index in [9.17, 15) is 5.11 Å². The van der Waals surface area contributed by atoms with Gasteiger partial charge in [-0.25, -0.2) is 15.0 Å². The SMILES string of the molecule is C=CCSc1nc(/C=C2/C=Nc3ncc(Cl)cc32)c(O)n1C. The smallest absolute Gasteiger partial charge is 0.219 e. The highest BCUT2D eigenvalue weighted by Crippen LogP contribution is 2.34. The number of nitrogens with zero attached hydrogens (tertiary/aromatic N) is 4. The van der Waals surface area contributed by atoms with Crippen molar-refractivity contribution in [2.24, 2.45) is 12.0 Å². The molecule has 5 nitrogen and oxygen atoms in total. The minimum absolute atomic E-state index is 0.107. The van der Waals surface area contributed by atoms with Crippen molar-refractivity contribution < 1.29 is 5.11 Å². The van der Waals surface area contributed by atoms with Crippen LogP contribution in [0.1, 0.15) is 11.3 Å². The molecule has 0 fully saturated rings. The third-order valence-corrected chi connectivity index (χ3v) is 4.37. The summed E-state index contributed by atoms with van der Waals surface area (Å²) in [7, 11) is 1.77. The number of halogens is 1. The second-order valence-corrected chi connectivity index (χ2v) is 6.07. The van der Waals surface area contributed by atoms with Gasteiger partial charge in [0, 0.05) is 36.3 Å². The zero-order valence-corrected chi connectivity index (χ0v) is 13.4. The quantitative estimate of drug-likeness (QED) is 0.684. The first-order valence-electron chi connectivity index (χ1n) is 6.51. The number of imidazole rings is 1. The number of allylic oxidation sites excluding steroid dienone is 1. The van der Waals surface area contributed by atoms with Gasteiger partial charge in [0.2, 0.25) is 5.88 Å². The minimum atomic E-state index is 0.107. The lowest BCUT2D eigenvalue weighted by atomic mass is 10.1. The van der Waals surface area contributed by atoms with E-state index < -0.39 is 0 Å². The summed E-state index contributed by atoms with van der Waals surface area (Å²) in [4.78, 5) is 12.8. The Balaban J connectivity index is 1.99. The van der Waals surface area contributed by atoms with E-state index in [0.29, 0.717) is 16.5 Å². The molecule has 112 valence electrons. The van der Waals surface area contributed by atoms with Crippen LogP contribution >= 0.6 is 23.4 Å². The second-order valence-electron chi connectivity index (χ2n) is 4.64. The monoisotopic (exact) mass is 332 g/mol. The lowest BCUT2D eigenvalue weighted by Crippen LogP contribution is -1.89. The van der Waals surface area contributed by atoms with Gasteiger partial charge in [-0.05, 0) is 12.1 Å². The van der Waals surface area contributed by atoms with Gasteiger partial charge >= 0.3 is 0 Å². The molecule has 3 heterocycles. The average molecular weight is 333 g/mol. The van der Waals surface area contributed by atoms with Gasteiger partial charge in [0.25, 0.3) is 0 Å². The van der Waals surface area contributed by atoms with E-state index in [-0.39, 0.29) is 5.88 Å². The van der Waals surface area contributed by atoms with Crippen LogP contribution in [0.3, 0.4) is 0 Å². The van der Waals surface area contributed by atoms with Crippen LogP contribution in [-0.4, -0.2) is 31.6 Å². The minimum Gasteiger partial charge on any atom is -0.493 e. The van der Waals surface area contributed by atoms with E-state index in [1.54, 1.807) is 42.2 Å². The fourth-order valence-electron chi connectivity index (χ4n) is 2.06. The maximum Gasteiger partial charge on any atom is 0.219 e. The lowest BCUT2D eigenvalue weighted by molar-refractivity contribution is 0.424. The number of hydrogen-bond donors (Lipinski definition) is 1. The normalized spacial score (nSPS) is 14.5. The molecule has 2 aromatic heterocycles. The zero-order chi connectivity index (χ0) is 15.7. The Morgan fingerprint density at radius 1 is 1.50 bits per heavy atom. The highest BCUT2D eigenvalue weighted by molar-refractivity contribution is 7.99. The van der Waals surface area contributed by atoms with Crippen molar-refractivity contribution in [3.8, 4) is 5.88 Å². The predicted molar refractivity (Wildman–Crippen MR) is 91.1 cm³/mol. The number of pyridine rings is 1. The molecule has 0 unspecified atom stereocenters. The van der Waals surface area contributed by atoms with Crippen LogP contribution in [-0.2, 0) is 7.05 Å². The molecular formula is C15H13ClN4OS. The van der Waals surface area contributed by atoms with E-state index in [2.05, 4.69) is 21.5 Å². The van der Waals surface area contributed by atoms with Crippen molar-refractivity contribution in [2.45, 2.75) is 5.16 Å². The largest absolute Gasteiger partial charge is 0.493 e. The number of aromatic nitrogens is 3. The summed E-state index contributed by atoms with van der Waals surface area (Å²) in [5.74, 6) is 1.45. The van der Waals surface area contributed by atoms with E-state index in [4.69, 9.17) is 11.6 Å². The fraction of sp³-hybridized carbons (Fsp3) is 0.133. The summed E-state index contributed by atoms with van der Waals surface area (Å²) in [6.45, 7) is 3.68. The van der Waals surface area contributed by atoms with Crippen molar-refractivity contribution in [3.05, 3.63) is 41.2 Å². The van der Waals surface area contributed by atoms with Crippen LogP contribution in [0.2, 0.25) is 5.02 Å². The molecule has 7 heteroatoms. The Morgan fingerprint density at radius 3 is 3.09 bits per heavy atom. The van der Waals surface area contributed by atoms with Crippen LogP contribution in [0, 0.1) is 0 Å². The molecule has 0 amide bonds. The van der Waals surface area contributed by atoms with Gasteiger partial charge in [-0.2, -0.15) is 0 Å². The molecule has 0 saturated carbocycles. The van der Waals surface area contributed by atoms with Gasteiger partial charge in [0.05, 0.1) is 5.02 Å². The zero-order valence-electron chi connectivity index (χ0n) is 11.8. The number of fused-ring (bicyclic) bond motifs is 1. The number of hydrogen-bond acceptors (Lipinski definition) is 5. The molecule has 0 radical (unpaired) electrons. The highest BCUT2D eigenvalue weighted by Gasteiger charge is 2.17. The molecule has 1 aliphatic heterocycles. The van der Waals surface area contributed by atoms with Crippen molar-refractivity contribution in [3.63, 3.8) is 0 Å². The molecule has 1 aliphatic rings. The third kappa shape index (κ3) is 2.67. The molecule has 0 atom stereocenters. The van der Waals surface area contributed by atoms with Gasteiger partial charge in [0.1, 0.15) is 5.69 Å². The lowest BCUT2D eigenvalue weighted by Gasteiger charge is -1.99. The topological polar surface area (TPSA) is 63.3 Å². The summed E-state index contributed by atoms with van der Waals surface area (Å²) >= 11 is 7.49. The van der Waals surface area contributed by atoms with Crippen molar-refractivity contribution in [1.29, 1.82) is 0 Å². The van der Waals surface area contributed by atoms with E-state index in [0.717, 1.165) is 22.0 Å². The highest BCUT2D eigenvalue weighted by atomic mass is 35.5. The Hall–Kier alpha value is -2.05. The predicted octanol–water partition coefficient (Wildman–Crippen LogP) is 3.71. The molecule has 0 saturated heterocycles. The molecule has 0 bridgehead atoms. The van der Waals surface area contributed by atoms with E-state index in [1.165, 1.54) is 11.8 Å². The molecule has 3 rings (SSSR count). The van der Waals surface area contributed by atoms with Crippen molar-refractivity contribution >= 4 is 47.0 Å². The van der Waals surface area contributed by atoms with E-state index >= 15 is 0 Å². The molecule has 0 spiro atoms. The van der Waals surface area contributed by atoms with Gasteiger partial charge in [-0.15, -0.1) is 6.58 Å². The molecule has 1 N–H and O–H groups in total.